The van der Waals surface area contributed by atoms with E-state index in [1.54, 1.807) is 31.2 Å². The molecule has 2 aromatic rings. The summed E-state index contributed by atoms with van der Waals surface area (Å²) in [5.74, 6) is 0.785. The van der Waals surface area contributed by atoms with Gasteiger partial charge in [0.05, 0.1) is 19.4 Å². The van der Waals surface area contributed by atoms with Crippen LogP contribution in [-0.2, 0) is 4.79 Å². The molecule has 1 unspecified atom stereocenters. The summed E-state index contributed by atoms with van der Waals surface area (Å²) in [7, 11) is 3.40. The van der Waals surface area contributed by atoms with E-state index in [0.29, 0.717) is 19.4 Å². The fraction of sp³-hybridized carbons (Fsp3) is 0.368. The lowest BCUT2D eigenvalue weighted by molar-refractivity contribution is -0.131. The van der Waals surface area contributed by atoms with Gasteiger partial charge in [-0.1, -0.05) is 18.2 Å². The van der Waals surface area contributed by atoms with Crippen molar-refractivity contribution in [1.82, 2.24) is 10.2 Å². The van der Waals surface area contributed by atoms with E-state index in [4.69, 9.17) is 9.15 Å². The Hall–Kier alpha value is -2.76. The first-order chi connectivity index (χ1) is 12.0. The molecule has 1 atom stereocenters. The number of ether oxygens (including phenoxy) is 1. The average Bonchev–Trinajstić information content (AvgIpc) is 3.18. The maximum absolute atomic E-state index is 12.4. The molecule has 6 heteroatoms. The van der Waals surface area contributed by atoms with Gasteiger partial charge in [-0.25, -0.2) is 0 Å². The molecule has 0 aliphatic rings. The number of rotatable bonds is 8. The normalized spacial score (nSPS) is 11.6. The summed E-state index contributed by atoms with van der Waals surface area (Å²) in [6.45, 7) is 2.39. The summed E-state index contributed by atoms with van der Waals surface area (Å²) >= 11 is 0. The Morgan fingerprint density at radius 2 is 2.00 bits per heavy atom. The van der Waals surface area contributed by atoms with E-state index in [1.807, 2.05) is 31.2 Å². The van der Waals surface area contributed by atoms with Crippen molar-refractivity contribution in [3.63, 3.8) is 0 Å². The molecule has 2 amide bonds. The SMILES string of the molecule is COc1ccccc1C(C)N(C)C(=O)CCCNC(=O)c1ccco1. The largest absolute Gasteiger partial charge is 0.496 e. The van der Waals surface area contributed by atoms with E-state index < -0.39 is 0 Å². The van der Waals surface area contributed by atoms with Gasteiger partial charge in [-0.2, -0.15) is 0 Å². The van der Waals surface area contributed by atoms with Gasteiger partial charge in [-0.05, 0) is 31.5 Å². The molecule has 1 heterocycles. The van der Waals surface area contributed by atoms with Crippen LogP contribution in [0.1, 0.15) is 41.9 Å². The maximum Gasteiger partial charge on any atom is 0.286 e. The minimum atomic E-state index is -0.270. The van der Waals surface area contributed by atoms with Crippen molar-refractivity contribution in [2.24, 2.45) is 0 Å². The van der Waals surface area contributed by atoms with Crippen molar-refractivity contribution in [2.75, 3.05) is 20.7 Å². The summed E-state index contributed by atoms with van der Waals surface area (Å²) in [5, 5.41) is 2.74. The lowest BCUT2D eigenvalue weighted by Gasteiger charge is -2.26. The molecule has 0 spiro atoms. The van der Waals surface area contributed by atoms with Crippen LogP contribution < -0.4 is 10.1 Å². The molecule has 1 aromatic heterocycles. The molecule has 0 bridgehead atoms. The molecule has 25 heavy (non-hydrogen) atoms. The van der Waals surface area contributed by atoms with Crippen molar-refractivity contribution < 1.29 is 18.7 Å². The van der Waals surface area contributed by atoms with Crippen LogP contribution >= 0.6 is 0 Å². The van der Waals surface area contributed by atoms with Crippen LogP contribution in [0.4, 0.5) is 0 Å². The number of nitrogens with zero attached hydrogens (tertiary/aromatic N) is 1. The molecule has 0 aliphatic carbocycles. The molecule has 0 saturated heterocycles. The standard InChI is InChI=1S/C19H24N2O4/c1-14(15-8-4-5-9-16(15)24-3)21(2)18(22)11-6-12-20-19(23)17-10-7-13-25-17/h4-5,7-10,13-14H,6,11-12H2,1-3H3,(H,20,23). The number of nitrogens with one attached hydrogen (secondary N) is 1. The van der Waals surface area contributed by atoms with Crippen LogP contribution in [0.5, 0.6) is 5.75 Å². The Morgan fingerprint density at radius 1 is 1.24 bits per heavy atom. The number of carbonyl (C=O) groups is 2. The predicted octanol–water partition coefficient (Wildman–Crippen LogP) is 3.02. The van der Waals surface area contributed by atoms with Gasteiger partial charge in [0.2, 0.25) is 5.91 Å². The Bertz CT molecular complexity index is 697. The number of hydrogen-bond donors (Lipinski definition) is 1. The summed E-state index contributed by atoms with van der Waals surface area (Å²) in [4.78, 5) is 25.8. The van der Waals surface area contributed by atoms with Gasteiger partial charge >= 0.3 is 0 Å². The molecule has 6 nitrogen and oxygen atoms in total. The van der Waals surface area contributed by atoms with Gasteiger partial charge in [0.15, 0.2) is 5.76 Å². The molecule has 2 rings (SSSR count). The van der Waals surface area contributed by atoms with Crippen LogP contribution in [0.25, 0.3) is 0 Å². The summed E-state index contributed by atoms with van der Waals surface area (Å²) < 4.78 is 10.4. The highest BCUT2D eigenvalue weighted by Crippen LogP contribution is 2.28. The molecular weight excluding hydrogens is 320 g/mol. The monoisotopic (exact) mass is 344 g/mol. The first-order valence-electron chi connectivity index (χ1n) is 8.25. The molecule has 134 valence electrons. The van der Waals surface area contributed by atoms with Crippen molar-refractivity contribution in [3.05, 3.63) is 54.0 Å². The number of benzene rings is 1. The van der Waals surface area contributed by atoms with Gasteiger partial charge < -0.3 is 19.4 Å². The van der Waals surface area contributed by atoms with E-state index in [9.17, 15) is 9.59 Å². The number of carbonyl (C=O) groups excluding carboxylic acids is 2. The van der Waals surface area contributed by atoms with Crippen LogP contribution in [-0.4, -0.2) is 37.4 Å². The van der Waals surface area contributed by atoms with E-state index in [0.717, 1.165) is 11.3 Å². The van der Waals surface area contributed by atoms with Crippen molar-refractivity contribution >= 4 is 11.8 Å². The highest BCUT2D eigenvalue weighted by atomic mass is 16.5. The highest BCUT2D eigenvalue weighted by Gasteiger charge is 2.19. The van der Waals surface area contributed by atoms with E-state index in [-0.39, 0.29) is 23.6 Å². The Labute approximate surface area is 147 Å². The second-order valence-corrected chi connectivity index (χ2v) is 5.76. The summed E-state index contributed by atoms with van der Waals surface area (Å²) in [6, 6.07) is 10.8. The van der Waals surface area contributed by atoms with Gasteiger partial charge in [-0.15, -0.1) is 0 Å². The van der Waals surface area contributed by atoms with Crippen molar-refractivity contribution in [2.45, 2.75) is 25.8 Å². The van der Waals surface area contributed by atoms with Crippen molar-refractivity contribution in [1.29, 1.82) is 0 Å². The zero-order valence-corrected chi connectivity index (χ0v) is 14.8. The number of hydrogen-bond acceptors (Lipinski definition) is 4. The minimum Gasteiger partial charge on any atom is -0.496 e. The number of methoxy groups -OCH3 is 1. The van der Waals surface area contributed by atoms with Gasteiger partial charge in [-0.3, -0.25) is 9.59 Å². The Balaban J connectivity index is 1.80. The first-order valence-corrected chi connectivity index (χ1v) is 8.25. The second kappa shape index (κ2) is 8.92. The third kappa shape index (κ3) is 4.86. The third-order valence-corrected chi connectivity index (χ3v) is 4.16. The third-order valence-electron chi connectivity index (χ3n) is 4.16. The number of amides is 2. The lowest BCUT2D eigenvalue weighted by Crippen LogP contribution is -2.31. The van der Waals surface area contributed by atoms with E-state index in [1.165, 1.54) is 6.26 Å². The first kappa shape index (κ1) is 18.6. The molecule has 0 saturated carbocycles. The summed E-state index contributed by atoms with van der Waals surface area (Å²) in [5.41, 5.74) is 0.965. The van der Waals surface area contributed by atoms with Crippen LogP contribution in [0.2, 0.25) is 0 Å². The Kier molecular flexibility index (Phi) is 6.62. The lowest BCUT2D eigenvalue weighted by atomic mass is 10.1. The van der Waals surface area contributed by atoms with Gasteiger partial charge in [0.1, 0.15) is 5.75 Å². The molecular formula is C19H24N2O4. The molecule has 0 fully saturated rings. The molecule has 1 N–H and O–H groups in total. The minimum absolute atomic E-state index is 0.0191. The van der Waals surface area contributed by atoms with Crippen LogP contribution in [0.15, 0.2) is 47.1 Å². The smallest absolute Gasteiger partial charge is 0.286 e. The van der Waals surface area contributed by atoms with Gasteiger partial charge in [0, 0.05) is 25.6 Å². The number of furan rings is 1. The van der Waals surface area contributed by atoms with Crippen LogP contribution in [0, 0.1) is 0 Å². The fourth-order valence-electron chi connectivity index (χ4n) is 2.55. The average molecular weight is 344 g/mol. The number of para-hydroxylation sites is 1. The quantitative estimate of drug-likeness (QED) is 0.747. The van der Waals surface area contributed by atoms with Crippen LogP contribution in [0.3, 0.4) is 0 Å². The highest BCUT2D eigenvalue weighted by molar-refractivity contribution is 5.91. The Morgan fingerprint density at radius 3 is 2.68 bits per heavy atom. The maximum atomic E-state index is 12.4. The molecule has 1 aromatic carbocycles. The van der Waals surface area contributed by atoms with E-state index >= 15 is 0 Å². The zero-order valence-electron chi connectivity index (χ0n) is 14.8. The molecule has 0 radical (unpaired) electrons. The predicted molar refractivity (Wildman–Crippen MR) is 94.5 cm³/mol. The fourth-order valence-corrected chi connectivity index (χ4v) is 2.55. The topological polar surface area (TPSA) is 71.8 Å². The van der Waals surface area contributed by atoms with Gasteiger partial charge in [0.25, 0.3) is 5.91 Å². The summed E-state index contributed by atoms with van der Waals surface area (Å²) in [6.07, 6.45) is 2.37. The van der Waals surface area contributed by atoms with Crippen molar-refractivity contribution in [3.8, 4) is 5.75 Å². The van der Waals surface area contributed by atoms with E-state index in [2.05, 4.69) is 5.32 Å². The zero-order chi connectivity index (χ0) is 18.2. The molecule has 0 aliphatic heterocycles. The second-order valence-electron chi connectivity index (χ2n) is 5.76.